The fourth-order valence-corrected chi connectivity index (χ4v) is 10.2. The molecule has 208 valence electrons. The predicted octanol–water partition coefficient (Wildman–Crippen LogP) is 5.72. The lowest BCUT2D eigenvalue weighted by atomic mass is 9.83. The molecule has 1 saturated heterocycles. The molecule has 6 nitrogen and oxygen atoms in total. The monoisotopic (exact) mass is 540 g/mol. The van der Waals surface area contributed by atoms with Gasteiger partial charge in [-0.25, -0.2) is 4.79 Å². The van der Waals surface area contributed by atoms with Gasteiger partial charge in [0.1, 0.15) is 17.8 Å². The Morgan fingerprint density at radius 3 is 1.79 bits per heavy atom. The normalized spacial score (nSPS) is 22.1. The average Bonchev–Trinajstić information content (AvgIpc) is 2.84. The van der Waals surface area contributed by atoms with E-state index in [-0.39, 0.29) is 22.8 Å². The van der Waals surface area contributed by atoms with E-state index in [0.717, 1.165) is 0 Å². The molecule has 1 fully saturated rings. The molecule has 0 spiro atoms. The van der Waals surface area contributed by atoms with Crippen molar-refractivity contribution in [3.63, 3.8) is 0 Å². The Kier molecular flexibility index (Phi) is 9.15. The fraction of sp³-hybridized carbons (Fsp3) is 0.548. The lowest BCUT2D eigenvalue weighted by molar-refractivity contribution is -0.173. The van der Waals surface area contributed by atoms with Crippen molar-refractivity contribution in [3.8, 4) is 0 Å². The first kappa shape index (κ1) is 29.9. The standard InChI is InChI=1S/C31H44O6Si/c1-21(26-22(2)27(36-29(33)35-26)23(3)28(32)37-30(4,5)6)20-34-38(31(7,8)9,24-16-12-10-13-17-24)25-18-14-11-15-19-25/h10-19,21-23,26-27H,20H2,1-9H3/t21-,22-,23-,26-,27-/m1/s1. The van der Waals surface area contributed by atoms with Gasteiger partial charge in [0.2, 0.25) is 0 Å². The second kappa shape index (κ2) is 11.6. The van der Waals surface area contributed by atoms with Crippen molar-refractivity contribution in [2.75, 3.05) is 6.61 Å². The summed E-state index contributed by atoms with van der Waals surface area (Å²) in [4.78, 5) is 25.3. The van der Waals surface area contributed by atoms with Crippen LogP contribution in [0.25, 0.3) is 0 Å². The summed E-state index contributed by atoms with van der Waals surface area (Å²) in [6.07, 6.45) is -1.87. The minimum atomic E-state index is -2.74. The number of carbonyl (C=O) groups is 2. The molecule has 3 rings (SSSR count). The van der Waals surface area contributed by atoms with E-state index in [4.69, 9.17) is 18.6 Å². The highest BCUT2D eigenvalue weighted by atomic mass is 28.4. The van der Waals surface area contributed by atoms with Crippen molar-refractivity contribution in [3.05, 3.63) is 60.7 Å². The molecule has 38 heavy (non-hydrogen) atoms. The number of hydrogen-bond acceptors (Lipinski definition) is 6. The van der Waals surface area contributed by atoms with Crippen molar-refractivity contribution < 1.29 is 28.2 Å². The zero-order valence-corrected chi connectivity index (χ0v) is 25.3. The maximum absolute atomic E-state index is 12.8. The van der Waals surface area contributed by atoms with Gasteiger partial charge in [0.05, 0.1) is 5.92 Å². The Hall–Kier alpha value is -2.64. The predicted molar refractivity (Wildman–Crippen MR) is 152 cm³/mol. The van der Waals surface area contributed by atoms with Crippen LogP contribution in [0.5, 0.6) is 0 Å². The highest BCUT2D eigenvalue weighted by molar-refractivity contribution is 6.99. The molecule has 0 amide bonds. The molecule has 0 bridgehead atoms. The van der Waals surface area contributed by atoms with Gasteiger partial charge < -0.3 is 18.6 Å². The summed E-state index contributed by atoms with van der Waals surface area (Å²) in [5.41, 5.74) is -0.625. The Morgan fingerprint density at radius 1 is 0.868 bits per heavy atom. The molecule has 0 aliphatic carbocycles. The molecule has 0 unspecified atom stereocenters. The summed E-state index contributed by atoms with van der Waals surface area (Å²) in [6.45, 7) is 18.3. The second-order valence-electron chi connectivity index (χ2n) is 12.5. The SMILES string of the molecule is C[C@H]1[C@H]([C@@H](C)C(=O)OC(C)(C)C)OC(=O)O[C@@H]1[C@H](C)CO[Si](c1ccccc1)(c1ccccc1)C(C)(C)C. The molecule has 0 aromatic heterocycles. The molecular weight excluding hydrogens is 496 g/mol. The van der Waals surface area contributed by atoms with E-state index in [0.29, 0.717) is 6.61 Å². The number of rotatable bonds is 8. The summed E-state index contributed by atoms with van der Waals surface area (Å²) in [5.74, 6) is -1.37. The van der Waals surface area contributed by atoms with E-state index in [1.807, 2.05) is 46.8 Å². The molecule has 1 aliphatic heterocycles. The van der Waals surface area contributed by atoms with Gasteiger partial charge in [0.25, 0.3) is 8.32 Å². The molecule has 1 heterocycles. The third-order valence-electron chi connectivity index (χ3n) is 7.31. The van der Waals surface area contributed by atoms with Gasteiger partial charge in [-0.15, -0.1) is 0 Å². The van der Waals surface area contributed by atoms with Gasteiger partial charge in [-0.1, -0.05) is 95.3 Å². The van der Waals surface area contributed by atoms with Crippen molar-refractivity contribution in [2.45, 2.75) is 85.2 Å². The van der Waals surface area contributed by atoms with Gasteiger partial charge in [0.15, 0.2) is 0 Å². The van der Waals surface area contributed by atoms with Gasteiger partial charge in [0, 0.05) is 18.4 Å². The molecule has 2 aromatic carbocycles. The molecular formula is C31H44O6Si. The highest BCUT2D eigenvalue weighted by Gasteiger charge is 2.51. The maximum Gasteiger partial charge on any atom is 0.508 e. The third-order valence-corrected chi connectivity index (χ3v) is 12.3. The van der Waals surface area contributed by atoms with E-state index >= 15 is 0 Å². The number of benzene rings is 2. The molecule has 7 heteroatoms. The van der Waals surface area contributed by atoms with E-state index in [1.54, 1.807) is 6.92 Å². The quantitative estimate of drug-likeness (QED) is 0.315. The van der Waals surface area contributed by atoms with Gasteiger partial charge in [-0.05, 0) is 43.1 Å². The number of ether oxygens (including phenoxy) is 3. The summed E-state index contributed by atoms with van der Waals surface area (Å²) in [6, 6.07) is 20.9. The Bertz CT molecular complexity index is 1030. The Labute approximate surface area is 229 Å². The topological polar surface area (TPSA) is 71.1 Å². The molecule has 2 aromatic rings. The fourth-order valence-electron chi connectivity index (χ4n) is 5.49. The van der Waals surface area contributed by atoms with Crippen molar-refractivity contribution in [1.29, 1.82) is 0 Å². The van der Waals surface area contributed by atoms with Crippen molar-refractivity contribution in [1.82, 2.24) is 0 Å². The number of esters is 1. The van der Waals surface area contributed by atoms with Gasteiger partial charge in [-0.2, -0.15) is 0 Å². The van der Waals surface area contributed by atoms with Crippen LogP contribution in [0, 0.1) is 17.8 Å². The first-order valence-corrected chi connectivity index (χ1v) is 15.4. The summed E-state index contributed by atoms with van der Waals surface area (Å²) in [5, 5.41) is 2.22. The minimum Gasteiger partial charge on any atom is -0.460 e. The highest BCUT2D eigenvalue weighted by Crippen LogP contribution is 2.38. The van der Waals surface area contributed by atoms with Crippen LogP contribution in [0.3, 0.4) is 0 Å². The smallest absolute Gasteiger partial charge is 0.460 e. The maximum atomic E-state index is 12.8. The zero-order valence-electron chi connectivity index (χ0n) is 24.3. The van der Waals surface area contributed by atoms with Crippen LogP contribution in [0.4, 0.5) is 4.79 Å². The molecule has 0 saturated carbocycles. The van der Waals surface area contributed by atoms with Gasteiger partial charge >= 0.3 is 12.1 Å². The first-order chi connectivity index (χ1) is 17.7. The number of hydrogen-bond donors (Lipinski definition) is 0. The van der Waals surface area contributed by atoms with E-state index in [9.17, 15) is 9.59 Å². The molecule has 0 N–H and O–H groups in total. The van der Waals surface area contributed by atoms with E-state index < -0.39 is 38.2 Å². The van der Waals surface area contributed by atoms with E-state index in [2.05, 4.69) is 69.3 Å². The number of carbonyl (C=O) groups excluding carboxylic acids is 2. The summed E-state index contributed by atoms with van der Waals surface area (Å²) < 4.78 is 23.9. The first-order valence-electron chi connectivity index (χ1n) is 13.5. The lowest BCUT2D eigenvalue weighted by Crippen LogP contribution is -2.67. The Morgan fingerprint density at radius 2 is 1.34 bits per heavy atom. The van der Waals surface area contributed by atoms with Crippen LogP contribution >= 0.6 is 0 Å². The van der Waals surface area contributed by atoms with Crippen LogP contribution in [0.1, 0.15) is 62.3 Å². The number of cyclic esters (lactones) is 2. The largest absolute Gasteiger partial charge is 0.508 e. The Balaban J connectivity index is 1.89. The minimum absolute atomic E-state index is 0.132. The van der Waals surface area contributed by atoms with E-state index in [1.165, 1.54) is 10.4 Å². The summed E-state index contributed by atoms with van der Waals surface area (Å²) >= 11 is 0. The van der Waals surface area contributed by atoms with Crippen LogP contribution in [-0.4, -0.2) is 44.9 Å². The van der Waals surface area contributed by atoms with Crippen LogP contribution in [0.2, 0.25) is 5.04 Å². The zero-order chi connectivity index (χ0) is 28.3. The van der Waals surface area contributed by atoms with Crippen LogP contribution in [0.15, 0.2) is 60.7 Å². The van der Waals surface area contributed by atoms with Crippen molar-refractivity contribution >= 4 is 30.8 Å². The lowest BCUT2D eigenvalue weighted by Gasteiger charge is -2.45. The van der Waals surface area contributed by atoms with Gasteiger partial charge in [-0.3, -0.25) is 4.79 Å². The molecule has 5 atom stereocenters. The van der Waals surface area contributed by atoms with Crippen molar-refractivity contribution in [2.24, 2.45) is 17.8 Å². The average molecular weight is 541 g/mol. The second-order valence-corrected chi connectivity index (χ2v) is 16.9. The van der Waals surface area contributed by atoms with Crippen LogP contribution in [-0.2, 0) is 23.4 Å². The third kappa shape index (κ3) is 6.49. The molecule has 0 radical (unpaired) electrons. The summed E-state index contributed by atoms with van der Waals surface area (Å²) in [7, 11) is -2.74. The molecule has 1 aliphatic rings. The van der Waals surface area contributed by atoms with Crippen LogP contribution < -0.4 is 10.4 Å².